The number of nitro groups is 1. The van der Waals surface area contributed by atoms with E-state index in [2.05, 4.69) is 0 Å². The van der Waals surface area contributed by atoms with Crippen LogP contribution in [0.4, 0.5) is 5.69 Å². The lowest BCUT2D eigenvalue weighted by molar-refractivity contribution is -0.385. The highest BCUT2D eigenvalue weighted by atomic mass is 32.2. The lowest BCUT2D eigenvalue weighted by atomic mass is 10.3. The molecule has 0 spiro atoms. The van der Waals surface area contributed by atoms with E-state index in [9.17, 15) is 23.3 Å². The second kappa shape index (κ2) is 7.99. The second-order valence-electron chi connectivity index (χ2n) is 5.87. The van der Waals surface area contributed by atoms with E-state index in [1.807, 2.05) is 16.8 Å². The number of hydrogen-bond donors (Lipinski definition) is 0. The first-order valence-electron chi connectivity index (χ1n) is 8.12. The Morgan fingerprint density at radius 2 is 1.93 bits per heavy atom. The van der Waals surface area contributed by atoms with Crippen molar-refractivity contribution in [2.75, 3.05) is 26.2 Å². The van der Waals surface area contributed by atoms with Crippen LogP contribution >= 0.6 is 11.3 Å². The molecule has 3 rings (SSSR count). The normalized spacial score (nSPS) is 15.9. The highest BCUT2D eigenvalue weighted by Gasteiger charge is 2.30. The highest BCUT2D eigenvalue weighted by molar-refractivity contribution is 7.89. The number of amides is 1. The van der Waals surface area contributed by atoms with Gasteiger partial charge in [-0.25, -0.2) is 8.42 Å². The van der Waals surface area contributed by atoms with Gasteiger partial charge in [-0.3, -0.25) is 14.9 Å². The van der Waals surface area contributed by atoms with E-state index < -0.39 is 14.9 Å². The van der Waals surface area contributed by atoms with Gasteiger partial charge in [-0.2, -0.15) is 15.6 Å². The standard InChI is InChI=1S/C17H17N3O5S2/c21-17(5-4-14-6-11-26-13-14)18-7-9-19(10-8-18)27(24,25)16-3-1-2-15(12-16)20(22)23/h1-6,11-13H,7-10H2. The quantitative estimate of drug-likeness (QED) is 0.430. The third kappa shape index (κ3) is 4.41. The summed E-state index contributed by atoms with van der Waals surface area (Å²) in [6.45, 7) is 0.814. The van der Waals surface area contributed by atoms with Gasteiger partial charge in [-0.1, -0.05) is 6.07 Å². The first-order valence-corrected chi connectivity index (χ1v) is 10.5. The minimum absolute atomic E-state index is 0.117. The van der Waals surface area contributed by atoms with Gasteiger partial charge in [0.1, 0.15) is 0 Å². The van der Waals surface area contributed by atoms with Gasteiger partial charge in [0, 0.05) is 44.4 Å². The molecule has 0 atom stereocenters. The zero-order valence-electron chi connectivity index (χ0n) is 14.2. The molecule has 1 saturated heterocycles. The summed E-state index contributed by atoms with van der Waals surface area (Å²) < 4.78 is 26.7. The van der Waals surface area contributed by atoms with Gasteiger partial charge in [-0.05, 0) is 34.5 Å². The van der Waals surface area contributed by atoms with E-state index in [-0.39, 0.29) is 42.7 Å². The largest absolute Gasteiger partial charge is 0.337 e. The Kier molecular flexibility index (Phi) is 5.68. The Labute approximate surface area is 160 Å². The fourth-order valence-corrected chi connectivity index (χ4v) is 4.79. The van der Waals surface area contributed by atoms with E-state index in [1.54, 1.807) is 11.0 Å². The third-order valence-electron chi connectivity index (χ3n) is 4.18. The summed E-state index contributed by atoms with van der Waals surface area (Å²) in [4.78, 5) is 23.9. The smallest absolute Gasteiger partial charge is 0.270 e. The summed E-state index contributed by atoms with van der Waals surface area (Å²) in [5.41, 5.74) is 0.670. The Morgan fingerprint density at radius 1 is 1.19 bits per heavy atom. The maximum absolute atomic E-state index is 12.7. The average Bonchev–Trinajstić information content (AvgIpc) is 3.20. The maximum atomic E-state index is 12.7. The third-order valence-corrected chi connectivity index (χ3v) is 6.77. The van der Waals surface area contributed by atoms with Gasteiger partial charge in [0.15, 0.2) is 0 Å². The molecule has 1 aliphatic rings. The topological polar surface area (TPSA) is 101 Å². The fraction of sp³-hybridized carbons (Fsp3) is 0.235. The second-order valence-corrected chi connectivity index (χ2v) is 8.59. The van der Waals surface area contributed by atoms with E-state index in [4.69, 9.17) is 0 Å². The Bertz CT molecular complexity index is 962. The van der Waals surface area contributed by atoms with Crippen LogP contribution in [0.5, 0.6) is 0 Å². The molecule has 0 saturated carbocycles. The summed E-state index contributed by atoms with van der Waals surface area (Å²) in [6, 6.07) is 6.88. The predicted octanol–water partition coefficient (Wildman–Crippen LogP) is 2.20. The number of nitrogens with zero attached hydrogens (tertiary/aromatic N) is 3. The van der Waals surface area contributed by atoms with E-state index in [1.165, 1.54) is 39.9 Å². The van der Waals surface area contributed by atoms with Crippen LogP contribution in [0, 0.1) is 10.1 Å². The number of carbonyl (C=O) groups is 1. The van der Waals surface area contributed by atoms with Crippen molar-refractivity contribution >= 4 is 39.0 Å². The Morgan fingerprint density at radius 3 is 2.56 bits per heavy atom. The molecule has 0 N–H and O–H groups in total. The SMILES string of the molecule is O=C(C=Cc1ccsc1)N1CCN(S(=O)(=O)c2cccc([N+](=O)[O-])c2)CC1. The number of sulfonamides is 1. The molecule has 0 bridgehead atoms. The van der Waals surface area contributed by atoms with Crippen molar-refractivity contribution in [3.63, 3.8) is 0 Å². The molecule has 0 aliphatic carbocycles. The van der Waals surface area contributed by atoms with Crippen LogP contribution in [0.1, 0.15) is 5.56 Å². The first kappa shape index (κ1) is 19.2. The molecule has 2 aromatic rings. The summed E-state index contributed by atoms with van der Waals surface area (Å²) >= 11 is 1.54. The summed E-state index contributed by atoms with van der Waals surface area (Å²) in [7, 11) is -3.84. The number of hydrogen-bond acceptors (Lipinski definition) is 6. The van der Waals surface area contributed by atoms with Gasteiger partial charge in [-0.15, -0.1) is 0 Å². The van der Waals surface area contributed by atoms with Crippen molar-refractivity contribution < 1.29 is 18.1 Å². The highest BCUT2D eigenvalue weighted by Crippen LogP contribution is 2.22. The van der Waals surface area contributed by atoms with Crippen molar-refractivity contribution in [2.45, 2.75) is 4.90 Å². The van der Waals surface area contributed by atoms with E-state index >= 15 is 0 Å². The fourth-order valence-electron chi connectivity index (χ4n) is 2.70. The van der Waals surface area contributed by atoms with Gasteiger partial charge in [0.2, 0.25) is 15.9 Å². The molecular weight excluding hydrogens is 390 g/mol. The van der Waals surface area contributed by atoms with Crippen LogP contribution in [0.3, 0.4) is 0 Å². The number of rotatable bonds is 5. The van der Waals surface area contributed by atoms with Crippen molar-refractivity contribution in [2.24, 2.45) is 0 Å². The molecular formula is C17H17N3O5S2. The molecule has 1 aromatic heterocycles. The molecule has 1 aliphatic heterocycles. The summed E-state index contributed by atoms with van der Waals surface area (Å²) in [5.74, 6) is -0.173. The molecule has 27 heavy (non-hydrogen) atoms. The van der Waals surface area contributed by atoms with E-state index in [0.29, 0.717) is 0 Å². The summed E-state index contributed by atoms with van der Waals surface area (Å²) in [5, 5.41) is 14.7. The number of benzene rings is 1. The van der Waals surface area contributed by atoms with Crippen LogP contribution in [0.15, 0.2) is 52.1 Å². The van der Waals surface area contributed by atoms with Crippen LogP contribution in [0.2, 0.25) is 0 Å². The number of non-ortho nitro benzene ring substituents is 1. The lowest BCUT2D eigenvalue weighted by Crippen LogP contribution is -2.50. The zero-order chi connectivity index (χ0) is 19.4. The first-order chi connectivity index (χ1) is 12.9. The van der Waals surface area contributed by atoms with Gasteiger partial charge in [0.05, 0.1) is 9.82 Å². The van der Waals surface area contributed by atoms with Crippen LogP contribution in [-0.2, 0) is 14.8 Å². The average molecular weight is 407 g/mol. The van der Waals surface area contributed by atoms with Crippen molar-refractivity contribution in [3.8, 4) is 0 Å². The number of piperazine rings is 1. The number of carbonyl (C=O) groups excluding carboxylic acids is 1. The molecule has 0 radical (unpaired) electrons. The van der Waals surface area contributed by atoms with Gasteiger partial charge >= 0.3 is 0 Å². The van der Waals surface area contributed by atoms with Gasteiger partial charge in [0.25, 0.3) is 5.69 Å². The monoisotopic (exact) mass is 407 g/mol. The molecule has 1 amide bonds. The number of thiophene rings is 1. The lowest BCUT2D eigenvalue weighted by Gasteiger charge is -2.33. The predicted molar refractivity (Wildman–Crippen MR) is 102 cm³/mol. The van der Waals surface area contributed by atoms with Crippen molar-refractivity contribution in [1.29, 1.82) is 0 Å². The molecule has 0 unspecified atom stereocenters. The van der Waals surface area contributed by atoms with Crippen molar-refractivity contribution in [1.82, 2.24) is 9.21 Å². The zero-order valence-corrected chi connectivity index (χ0v) is 15.9. The Balaban J connectivity index is 1.65. The van der Waals surface area contributed by atoms with Crippen molar-refractivity contribution in [3.05, 3.63) is 62.8 Å². The van der Waals surface area contributed by atoms with Crippen LogP contribution in [0.25, 0.3) is 6.08 Å². The molecule has 10 heteroatoms. The molecule has 142 valence electrons. The molecule has 2 heterocycles. The molecule has 8 nitrogen and oxygen atoms in total. The minimum Gasteiger partial charge on any atom is -0.337 e. The van der Waals surface area contributed by atoms with E-state index in [0.717, 1.165) is 11.6 Å². The van der Waals surface area contributed by atoms with Crippen LogP contribution < -0.4 is 0 Å². The number of nitro benzene ring substituents is 1. The van der Waals surface area contributed by atoms with Crippen LogP contribution in [-0.4, -0.2) is 54.6 Å². The molecule has 1 aromatic carbocycles. The summed E-state index contributed by atoms with van der Waals surface area (Å²) in [6.07, 6.45) is 3.21. The van der Waals surface area contributed by atoms with Gasteiger partial charge < -0.3 is 4.90 Å². The maximum Gasteiger partial charge on any atom is 0.270 e. The molecule has 1 fully saturated rings. The Hall–Kier alpha value is -2.56. The minimum atomic E-state index is -3.84.